The Bertz CT molecular complexity index is 1420. The van der Waals surface area contributed by atoms with E-state index in [4.69, 9.17) is 4.74 Å². The van der Waals surface area contributed by atoms with Crippen LogP contribution in [0.25, 0.3) is 11.0 Å². The maximum atomic E-state index is 14.9. The van der Waals surface area contributed by atoms with Crippen molar-refractivity contribution < 1.29 is 22.7 Å². The van der Waals surface area contributed by atoms with Gasteiger partial charge in [-0.15, -0.1) is 0 Å². The number of fused-ring (bicyclic) bond motifs is 1. The minimum absolute atomic E-state index is 0.118. The van der Waals surface area contributed by atoms with Gasteiger partial charge in [-0.1, -0.05) is 25.1 Å². The highest BCUT2D eigenvalue weighted by Gasteiger charge is 2.57. The van der Waals surface area contributed by atoms with Gasteiger partial charge < -0.3 is 9.64 Å². The number of methoxy groups -OCH3 is 1. The Morgan fingerprint density at radius 2 is 1.89 bits per heavy atom. The van der Waals surface area contributed by atoms with E-state index in [-0.39, 0.29) is 23.5 Å². The van der Waals surface area contributed by atoms with Gasteiger partial charge in [0.2, 0.25) is 5.91 Å². The third kappa shape index (κ3) is 4.11. The van der Waals surface area contributed by atoms with Crippen molar-refractivity contribution in [1.29, 1.82) is 0 Å². The fourth-order valence-electron chi connectivity index (χ4n) is 5.84. The zero-order valence-corrected chi connectivity index (χ0v) is 21.8. The topological polar surface area (TPSA) is 77.3 Å². The molecule has 1 saturated heterocycles. The number of hydrogen-bond donors (Lipinski definition) is 0. The number of pyridine rings is 1. The lowest BCUT2D eigenvalue weighted by Crippen LogP contribution is -2.56. The zero-order chi connectivity index (χ0) is 27.3. The number of nitrogens with zero attached hydrogens (tertiary/aromatic N) is 4. The van der Waals surface area contributed by atoms with E-state index in [0.29, 0.717) is 35.3 Å². The SMILES string of the molecule is COC1(c2cc3c(C[C@H](C)c4cccc(C(F)F)c4F)ncnc3n(C)c2=O)CCN(C(C)=O)C1(C)C. The van der Waals surface area contributed by atoms with E-state index in [9.17, 15) is 22.8 Å². The van der Waals surface area contributed by atoms with Gasteiger partial charge in [0.15, 0.2) is 0 Å². The van der Waals surface area contributed by atoms with Crippen molar-refractivity contribution in [3.05, 3.63) is 69.1 Å². The van der Waals surface area contributed by atoms with Gasteiger partial charge in [0, 0.05) is 39.4 Å². The Morgan fingerprint density at radius 3 is 2.49 bits per heavy atom. The molecule has 0 spiro atoms. The Labute approximate surface area is 213 Å². The molecular weight excluding hydrogens is 485 g/mol. The minimum Gasteiger partial charge on any atom is -0.371 e. The van der Waals surface area contributed by atoms with E-state index < -0.39 is 34.9 Å². The first-order valence-electron chi connectivity index (χ1n) is 12.1. The van der Waals surface area contributed by atoms with Crippen LogP contribution in [0.4, 0.5) is 13.2 Å². The Hall–Kier alpha value is -3.27. The molecule has 0 N–H and O–H groups in total. The molecule has 1 unspecified atom stereocenters. The number of halogens is 3. The van der Waals surface area contributed by atoms with Crippen molar-refractivity contribution in [2.75, 3.05) is 13.7 Å². The third-order valence-electron chi connectivity index (χ3n) is 7.93. The van der Waals surface area contributed by atoms with Gasteiger partial charge in [-0.05, 0) is 37.8 Å². The average Bonchev–Trinajstić information content (AvgIpc) is 3.12. The smallest absolute Gasteiger partial charge is 0.266 e. The van der Waals surface area contributed by atoms with Gasteiger partial charge in [-0.2, -0.15) is 0 Å². The van der Waals surface area contributed by atoms with Gasteiger partial charge in [-0.3, -0.25) is 14.2 Å². The largest absolute Gasteiger partial charge is 0.371 e. The van der Waals surface area contributed by atoms with Gasteiger partial charge in [0.25, 0.3) is 12.0 Å². The Morgan fingerprint density at radius 1 is 1.22 bits per heavy atom. The standard InChI is InChI=1S/C27H31F3N4O3/c1-15(17-8-7-9-18(22(17)28)23(29)30)12-21-19-13-20(25(36)33(5)24(19)32-14-31-21)27(37-6)10-11-34(16(2)35)26(27,3)4/h7-9,13-15,23H,10-12H2,1-6H3/t15-,27?/m0/s1. The van der Waals surface area contributed by atoms with Gasteiger partial charge >= 0.3 is 0 Å². The first kappa shape index (κ1) is 26.8. The summed E-state index contributed by atoms with van der Waals surface area (Å²) in [6, 6.07) is 5.70. The molecule has 2 aromatic heterocycles. The summed E-state index contributed by atoms with van der Waals surface area (Å²) < 4.78 is 48.8. The maximum absolute atomic E-state index is 14.9. The van der Waals surface area contributed by atoms with Crippen LogP contribution < -0.4 is 5.56 Å². The van der Waals surface area contributed by atoms with E-state index in [1.165, 1.54) is 37.1 Å². The summed E-state index contributed by atoms with van der Waals surface area (Å²) in [5, 5.41) is 0.574. The molecule has 198 valence electrons. The van der Waals surface area contributed by atoms with Crippen molar-refractivity contribution in [1.82, 2.24) is 19.4 Å². The van der Waals surface area contributed by atoms with Crippen molar-refractivity contribution in [3.8, 4) is 0 Å². The van der Waals surface area contributed by atoms with Crippen molar-refractivity contribution in [2.45, 2.75) is 64.0 Å². The molecule has 0 aliphatic carbocycles. The number of benzene rings is 1. The van der Waals surface area contributed by atoms with Crippen LogP contribution in [-0.4, -0.2) is 44.5 Å². The molecule has 3 heterocycles. The number of rotatable bonds is 6. The van der Waals surface area contributed by atoms with E-state index in [1.807, 2.05) is 13.8 Å². The number of ether oxygens (including phenoxy) is 1. The quantitative estimate of drug-likeness (QED) is 0.478. The summed E-state index contributed by atoms with van der Waals surface area (Å²) >= 11 is 0. The molecule has 1 aliphatic rings. The summed E-state index contributed by atoms with van der Waals surface area (Å²) in [6.07, 6.45) is -0.942. The van der Waals surface area contributed by atoms with E-state index in [2.05, 4.69) is 9.97 Å². The third-order valence-corrected chi connectivity index (χ3v) is 7.93. The number of alkyl halides is 2. The number of amides is 1. The molecular formula is C27H31F3N4O3. The monoisotopic (exact) mass is 516 g/mol. The fourth-order valence-corrected chi connectivity index (χ4v) is 5.84. The number of carbonyl (C=O) groups excluding carboxylic acids is 1. The number of carbonyl (C=O) groups is 1. The van der Waals surface area contributed by atoms with Gasteiger partial charge in [0.05, 0.1) is 22.4 Å². The van der Waals surface area contributed by atoms with Crippen LogP contribution in [0, 0.1) is 5.82 Å². The first-order valence-corrected chi connectivity index (χ1v) is 12.1. The summed E-state index contributed by atoms with van der Waals surface area (Å²) in [4.78, 5) is 36.4. The van der Waals surface area contributed by atoms with Crippen molar-refractivity contribution >= 4 is 16.9 Å². The van der Waals surface area contributed by atoms with E-state index in [1.54, 1.807) is 24.9 Å². The van der Waals surface area contributed by atoms with Crippen LogP contribution in [-0.2, 0) is 28.6 Å². The zero-order valence-electron chi connectivity index (χ0n) is 21.8. The van der Waals surface area contributed by atoms with E-state index in [0.717, 1.165) is 6.07 Å². The van der Waals surface area contributed by atoms with Gasteiger partial charge in [-0.25, -0.2) is 23.1 Å². The average molecular weight is 517 g/mol. The number of aromatic nitrogens is 3. The second-order valence-corrected chi connectivity index (χ2v) is 10.1. The molecule has 0 saturated carbocycles. The van der Waals surface area contributed by atoms with Crippen LogP contribution >= 0.6 is 0 Å². The molecule has 7 nitrogen and oxygen atoms in total. The normalized spacial score (nSPS) is 20.1. The summed E-state index contributed by atoms with van der Waals surface area (Å²) in [5.41, 5.74) is -1.39. The molecule has 1 fully saturated rings. The molecule has 37 heavy (non-hydrogen) atoms. The predicted octanol–water partition coefficient (Wildman–Crippen LogP) is 4.62. The van der Waals surface area contributed by atoms with Crippen molar-refractivity contribution in [3.63, 3.8) is 0 Å². The lowest BCUT2D eigenvalue weighted by molar-refractivity contribution is -0.140. The molecule has 1 amide bonds. The Kier molecular flexibility index (Phi) is 6.92. The number of hydrogen-bond acceptors (Lipinski definition) is 5. The van der Waals surface area contributed by atoms with Crippen LogP contribution in [0.3, 0.4) is 0 Å². The van der Waals surface area contributed by atoms with Crippen LogP contribution in [0.2, 0.25) is 0 Å². The molecule has 3 aromatic rings. The first-order chi connectivity index (χ1) is 17.4. The molecule has 1 aromatic carbocycles. The lowest BCUT2D eigenvalue weighted by Gasteiger charge is -2.43. The molecule has 4 rings (SSSR count). The predicted molar refractivity (Wildman–Crippen MR) is 133 cm³/mol. The second kappa shape index (κ2) is 9.55. The fraction of sp³-hybridized carbons (Fsp3) is 0.481. The van der Waals surface area contributed by atoms with Crippen LogP contribution in [0.1, 0.15) is 68.8 Å². The highest BCUT2D eigenvalue weighted by Crippen LogP contribution is 2.47. The highest BCUT2D eigenvalue weighted by molar-refractivity contribution is 5.79. The van der Waals surface area contributed by atoms with Crippen LogP contribution in [0.15, 0.2) is 35.4 Å². The summed E-state index contributed by atoms with van der Waals surface area (Å²) in [5.74, 6) is -1.52. The maximum Gasteiger partial charge on any atom is 0.266 e. The number of aryl methyl sites for hydroxylation is 1. The lowest BCUT2D eigenvalue weighted by atomic mass is 9.77. The molecule has 2 atom stereocenters. The molecule has 0 radical (unpaired) electrons. The van der Waals surface area contributed by atoms with Gasteiger partial charge in [0.1, 0.15) is 23.4 Å². The highest BCUT2D eigenvalue weighted by atomic mass is 19.3. The minimum atomic E-state index is -2.92. The molecule has 10 heteroatoms. The molecule has 1 aliphatic heterocycles. The van der Waals surface area contributed by atoms with Crippen LogP contribution in [0.5, 0.6) is 0 Å². The number of likely N-dealkylation sites (tertiary alicyclic amines) is 1. The summed E-state index contributed by atoms with van der Waals surface area (Å²) in [7, 11) is 3.13. The Balaban J connectivity index is 1.86. The summed E-state index contributed by atoms with van der Waals surface area (Å²) in [6.45, 7) is 7.40. The second-order valence-electron chi connectivity index (χ2n) is 10.1. The van der Waals surface area contributed by atoms with E-state index >= 15 is 0 Å². The van der Waals surface area contributed by atoms with Crippen molar-refractivity contribution in [2.24, 2.45) is 7.05 Å². The molecule has 0 bridgehead atoms.